The van der Waals surface area contributed by atoms with Crippen molar-refractivity contribution in [2.75, 3.05) is 0 Å². The van der Waals surface area contributed by atoms with Gasteiger partial charge in [-0.1, -0.05) is 57.2 Å². The minimum atomic E-state index is -3.40. The highest BCUT2D eigenvalue weighted by molar-refractivity contribution is 7.93. The number of rotatable bonds is 5. The number of carboxylic acid groups (broad SMARTS) is 1. The van der Waals surface area contributed by atoms with E-state index < -0.39 is 15.8 Å². The maximum absolute atomic E-state index is 12.2. The van der Waals surface area contributed by atoms with Gasteiger partial charge in [0.2, 0.25) is 0 Å². The molecule has 0 aromatic heterocycles. The summed E-state index contributed by atoms with van der Waals surface area (Å²) in [5.74, 6) is -1.08. The molecule has 0 amide bonds. The lowest BCUT2D eigenvalue weighted by atomic mass is 9.87. The van der Waals surface area contributed by atoms with E-state index in [9.17, 15) is 13.2 Å². The predicted octanol–water partition coefficient (Wildman–Crippen LogP) is 4.27. The third-order valence-electron chi connectivity index (χ3n) is 3.81. The molecule has 0 saturated heterocycles. The van der Waals surface area contributed by atoms with Crippen LogP contribution in [0.2, 0.25) is 0 Å². The molecule has 0 aliphatic carbocycles. The van der Waals surface area contributed by atoms with Crippen molar-refractivity contribution >= 4 is 21.9 Å². The molecule has 132 valence electrons. The monoisotopic (exact) mass is 358 g/mol. The molecule has 0 radical (unpaired) electrons. The summed E-state index contributed by atoms with van der Waals surface area (Å²) in [4.78, 5) is 10.8. The molecule has 0 atom stereocenters. The molecule has 0 bridgehead atoms. The second kappa shape index (κ2) is 7.23. The number of carboxylic acids is 1. The van der Waals surface area contributed by atoms with E-state index in [0.29, 0.717) is 5.56 Å². The zero-order valence-corrected chi connectivity index (χ0v) is 15.4. The van der Waals surface area contributed by atoms with E-state index in [4.69, 9.17) is 5.11 Å². The van der Waals surface area contributed by atoms with Crippen LogP contribution in [0.1, 0.15) is 47.8 Å². The van der Waals surface area contributed by atoms with Crippen molar-refractivity contribution in [1.82, 2.24) is 0 Å². The van der Waals surface area contributed by atoms with Gasteiger partial charge >= 0.3 is 5.97 Å². The van der Waals surface area contributed by atoms with Crippen LogP contribution in [0.15, 0.2) is 53.9 Å². The van der Waals surface area contributed by atoms with E-state index >= 15 is 0 Å². The van der Waals surface area contributed by atoms with E-state index in [-0.39, 0.29) is 16.7 Å². The zero-order chi connectivity index (χ0) is 18.7. The third-order valence-corrected chi connectivity index (χ3v) is 5.10. The van der Waals surface area contributed by atoms with Gasteiger partial charge < -0.3 is 5.11 Å². The molecule has 0 spiro atoms. The first-order valence-electron chi connectivity index (χ1n) is 7.90. The number of hydrogen-bond acceptors (Lipinski definition) is 3. The lowest BCUT2D eigenvalue weighted by Crippen LogP contribution is -2.11. The summed E-state index contributed by atoms with van der Waals surface area (Å²) in [6.07, 6.45) is 1.48. The Hall–Kier alpha value is -2.40. The molecule has 0 unspecified atom stereocenters. The Morgan fingerprint density at radius 3 is 2.04 bits per heavy atom. The summed E-state index contributed by atoms with van der Waals surface area (Å²) < 4.78 is 24.5. The summed E-state index contributed by atoms with van der Waals surface area (Å²) in [7, 11) is -3.40. The van der Waals surface area contributed by atoms with Crippen LogP contribution in [0, 0.1) is 0 Å². The summed E-state index contributed by atoms with van der Waals surface area (Å²) in [5.41, 5.74) is 2.72. The van der Waals surface area contributed by atoms with Crippen LogP contribution < -0.4 is 0 Å². The Labute approximate surface area is 148 Å². The molecule has 1 N–H and O–H groups in total. The van der Waals surface area contributed by atoms with Gasteiger partial charge in [-0.2, -0.15) is 0 Å². The molecule has 0 fully saturated rings. The van der Waals surface area contributed by atoms with E-state index in [2.05, 4.69) is 20.8 Å². The summed E-state index contributed by atoms with van der Waals surface area (Å²) >= 11 is 0. The molecule has 2 aromatic carbocycles. The summed E-state index contributed by atoms with van der Waals surface area (Å²) in [5, 5.41) is 10.0. The minimum absolute atomic E-state index is 0.0272. The van der Waals surface area contributed by atoms with Crippen LogP contribution in [0.4, 0.5) is 0 Å². The molecule has 0 aliphatic heterocycles. The molecule has 2 rings (SSSR count). The SMILES string of the molecule is CC(C)(C)c1ccc(CS(=O)(=O)/C=C/c2ccc(C(=O)O)cc2)cc1. The van der Waals surface area contributed by atoms with Crippen LogP contribution in [0.25, 0.3) is 6.08 Å². The van der Waals surface area contributed by atoms with Crippen molar-refractivity contribution < 1.29 is 18.3 Å². The third kappa shape index (κ3) is 5.57. The minimum Gasteiger partial charge on any atom is -0.478 e. The first-order chi connectivity index (χ1) is 11.6. The Balaban J connectivity index is 2.09. The van der Waals surface area contributed by atoms with Crippen LogP contribution in [0.5, 0.6) is 0 Å². The molecule has 5 heteroatoms. The van der Waals surface area contributed by atoms with Gasteiger partial charge in [-0.3, -0.25) is 0 Å². The van der Waals surface area contributed by atoms with E-state index in [1.165, 1.54) is 23.6 Å². The van der Waals surface area contributed by atoms with Crippen LogP contribution in [0.3, 0.4) is 0 Å². The highest BCUT2D eigenvalue weighted by Gasteiger charge is 2.14. The number of aromatic carboxylic acids is 1. The highest BCUT2D eigenvalue weighted by atomic mass is 32.2. The standard InChI is InChI=1S/C20H22O4S/c1-20(2,3)18-10-6-16(7-11-18)14-25(23,24)13-12-15-4-8-17(9-5-15)19(21)22/h4-13H,14H2,1-3H3,(H,21,22)/b13-12+. The highest BCUT2D eigenvalue weighted by Crippen LogP contribution is 2.23. The van der Waals surface area contributed by atoms with E-state index in [0.717, 1.165) is 11.1 Å². The molecular weight excluding hydrogens is 336 g/mol. The fourth-order valence-electron chi connectivity index (χ4n) is 2.30. The van der Waals surface area contributed by atoms with Crippen LogP contribution in [-0.2, 0) is 21.0 Å². The average Bonchev–Trinajstić information content (AvgIpc) is 2.53. The average molecular weight is 358 g/mol. The van der Waals surface area contributed by atoms with Crippen LogP contribution >= 0.6 is 0 Å². The van der Waals surface area contributed by atoms with Gasteiger partial charge in [0, 0.05) is 5.41 Å². The van der Waals surface area contributed by atoms with E-state index in [1.807, 2.05) is 24.3 Å². The first kappa shape index (κ1) is 18.9. The maximum atomic E-state index is 12.2. The smallest absolute Gasteiger partial charge is 0.335 e. The molecular formula is C20H22O4S. The molecule has 4 nitrogen and oxygen atoms in total. The lowest BCUT2D eigenvalue weighted by Gasteiger charge is -2.19. The largest absolute Gasteiger partial charge is 0.478 e. The van der Waals surface area contributed by atoms with Gasteiger partial charge in [-0.25, -0.2) is 13.2 Å². The zero-order valence-electron chi connectivity index (χ0n) is 14.6. The normalized spacial score (nSPS) is 12.4. The topological polar surface area (TPSA) is 71.4 Å². The van der Waals surface area contributed by atoms with Gasteiger partial charge in [0.25, 0.3) is 0 Å². The molecule has 2 aromatic rings. The van der Waals surface area contributed by atoms with Gasteiger partial charge in [-0.05, 0) is 40.3 Å². The molecule has 25 heavy (non-hydrogen) atoms. The first-order valence-corrected chi connectivity index (χ1v) is 9.62. The van der Waals surface area contributed by atoms with Crippen molar-refractivity contribution in [1.29, 1.82) is 0 Å². The fourth-order valence-corrected chi connectivity index (χ4v) is 3.42. The van der Waals surface area contributed by atoms with Crippen molar-refractivity contribution in [3.8, 4) is 0 Å². The number of sulfone groups is 1. The number of benzene rings is 2. The van der Waals surface area contributed by atoms with Crippen molar-refractivity contribution in [3.05, 3.63) is 76.2 Å². The Morgan fingerprint density at radius 1 is 1.00 bits per heavy atom. The van der Waals surface area contributed by atoms with Gasteiger partial charge in [0.15, 0.2) is 9.84 Å². The Kier molecular flexibility index (Phi) is 5.48. The summed E-state index contributed by atoms with van der Waals surface area (Å²) in [6, 6.07) is 13.6. The Bertz CT molecular complexity index is 869. The summed E-state index contributed by atoms with van der Waals surface area (Å²) in [6.45, 7) is 6.32. The second-order valence-corrected chi connectivity index (χ2v) is 8.87. The van der Waals surface area contributed by atoms with Crippen molar-refractivity contribution in [2.45, 2.75) is 31.9 Å². The van der Waals surface area contributed by atoms with Crippen LogP contribution in [-0.4, -0.2) is 19.5 Å². The molecule has 0 saturated carbocycles. The molecule has 0 heterocycles. The quantitative estimate of drug-likeness (QED) is 0.866. The number of hydrogen-bond donors (Lipinski definition) is 1. The van der Waals surface area contributed by atoms with Gasteiger partial charge in [-0.15, -0.1) is 0 Å². The van der Waals surface area contributed by atoms with Gasteiger partial charge in [0.05, 0.1) is 11.3 Å². The second-order valence-electron chi connectivity index (χ2n) is 6.98. The lowest BCUT2D eigenvalue weighted by molar-refractivity contribution is 0.0697. The maximum Gasteiger partial charge on any atom is 0.335 e. The fraction of sp³-hybridized carbons (Fsp3) is 0.250. The Morgan fingerprint density at radius 2 is 1.56 bits per heavy atom. The molecule has 0 aliphatic rings. The number of carbonyl (C=O) groups is 1. The predicted molar refractivity (Wildman–Crippen MR) is 100 cm³/mol. The van der Waals surface area contributed by atoms with Crippen molar-refractivity contribution in [3.63, 3.8) is 0 Å². The van der Waals surface area contributed by atoms with E-state index in [1.54, 1.807) is 12.1 Å². The van der Waals surface area contributed by atoms with Crippen molar-refractivity contribution in [2.24, 2.45) is 0 Å². The van der Waals surface area contributed by atoms with Gasteiger partial charge in [0.1, 0.15) is 0 Å².